The molecule has 1 heterocycles. The molecule has 0 N–H and O–H groups in total. The SMILES string of the molecule is COC(=O)c1cc(I)c(C(F)F)c(CBr)n1. The summed E-state index contributed by atoms with van der Waals surface area (Å²) in [5.41, 5.74) is 0.0400. The number of esters is 1. The summed E-state index contributed by atoms with van der Waals surface area (Å²) in [5.74, 6) is -0.638. The van der Waals surface area contributed by atoms with Crippen LogP contribution in [-0.2, 0) is 10.1 Å². The molecule has 0 aliphatic heterocycles. The van der Waals surface area contributed by atoms with Crippen molar-refractivity contribution in [3.05, 3.63) is 26.6 Å². The molecule has 0 atom stereocenters. The molecule has 0 bridgehead atoms. The van der Waals surface area contributed by atoms with E-state index >= 15 is 0 Å². The van der Waals surface area contributed by atoms with E-state index in [1.807, 2.05) is 0 Å². The highest BCUT2D eigenvalue weighted by molar-refractivity contribution is 14.1. The molecule has 0 saturated heterocycles. The van der Waals surface area contributed by atoms with Crippen LogP contribution in [0.3, 0.4) is 0 Å². The first-order valence-corrected chi connectivity index (χ1v) is 6.33. The van der Waals surface area contributed by atoms with Crippen LogP contribution in [0.2, 0.25) is 0 Å². The minimum absolute atomic E-state index is 0.0331. The van der Waals surface area contributed by atoms with Crippen LogP contribution in [0.5, 0.6) is 0 Å². The Morgan fingerprint density at radius 1 is 1.69 bits per heavy atom. The van der Waals surface area contributed by atoms with Gasteiger partial charge in [-0.1, -0.05) is 15.9 Å². The number of carbonyl (C=O) groups is 1. The van der Waals surface area contributed by atoms with Crippen LogP contribution in [0.15, 0.2) is 6.07 Å². The summed E-state index contributed by atoms with van der Waals surface area (Å²) < 4.78 is 30.2. The van der Waals surface area contributed by atoms with E-state index in [4.69, 9.17) is 0 Å². The number of nitrogens with zero attached hydrogens (tertiary/aromatic N) is 1. The Kier molecular flexibility index (Phi) is 5.03. The molecule has 0 aliphatic carbocycles. The lowest BCUT2D eigenvalue weighted by atomic mass is 10.2. The molecule has 16 heavy (non-hydrogen) atoms. The van der Waals surface area contributed by atoms with E-state index in [0.717, 1.165) is 0 Å². The van der Waals surface area contributed by atoms with Crippen LogP contribution in [0.1, 0.15) is 28.2 Å². The van der Waals surface area contributed by atoms with Crippen molar-refractivity contribution < 1.29 is 18.3 Å². The average Bonchev–Trinajstić information content (AvgIpc) is 2.26. The number of carbonyl (C=O) groups excluding carboxylic acids is 1. The number of aromatic nitrogens is 1. The van der Waals surface area contributed by atoms with Crippen LogP contribution >= 0.6 is 38.5 Å². The third-order valence-electron chi connectivity index (χ3n) is 1.83. The summed E-state index contributed by atoms with van der Waals surface area (Å²) >= 11 is 4.82. The Morgan fingerprint density at radius 3 is 2.75 bits per heavy atom. The lowest BCUT2D eigenvalue weighted by Crippen LogP contribution is -2.09. The number of alkyl halides is 3. The molecule has 7 heteroatoms. The molecular formula is C9H7BrF2INO2. The van der Waals surface area contributed by atoms with Crippen molar-refractivity contribution in [3.63, 3.8) is 0 Å². The van der Waals surface area contributed by atoms with Crippen LogP contribution in [-0.4, -0.2) is 18.1 Å². The second kappa shape index (κ2) is 5.85. The number of pyridine rings is 1. The largest absolute Gasteiger partial charge is 0.464 e. The summed E-state index contributed by atoms with van der Waals surface area (Å²) in [4.78, 5) is 15.1. The van der Waals surface area contributed by atoms with Gasteiger partial charge >= 0.3 is 5.97 Å². The third kappa shape index (κ3) is 2.88. The van der Waals surface area contributed by atoms with E-state index in [1.54, 1.807) is 22.6 Å². The second-order valence-corrected chi connectivity index (χ2v) is 4.50. The molecule has 1 rings (SSSR count). The monoisotopic (exact) mass is 405 g/mol. The number of halogens is 4. The van der Waals surface area contributed by atoms with Gasteiger partial charge in [0.15, 0.2) is 0 Å². The summed E-state index contributed by atoms with van der Waals surface area (Å²) in [6.07, 6.45) is -2.61. The zero-order valence-corrected chi connectivity index (χ0v) is 11.9. The smallest absolute Gasteiger partial charge is 0.356 e. The third-order valence-corrected chi connectivity index (χ3v) is 3.25. The second-order valence-electron chi connectivity index (χ2n) is 2.78. The molecule has 0 aliphatic rings. The van der Waals surface area contributed by atoms with Gasteiger partial charge in [0.25, 0.3) is 6.43 Å². The summed E-state index contributed by atoms with van der Waals surface area (Å²) in [6.45, 7) is 0. The quantitative estimate of drug-likeness (QED) is 0.440. The van der Waals surface area contributed by atoms with Crippen molar-refractivity contribution in [2.24, 2.45) is 0 Å². The fourth-order valence-corrected chi connectivity index (χ4v) is 2.38. The van der Waals surface area contributed by atoms with Gasteiger partial charge < -0.3 is 4.74 Å². The normalized spacial score (nSPS) is 10.6. The van der Waals surface area contributed by atoms with Crippen molar-refractivity contribution in [2.75, 3.05) is 7.11 Å². The van der Waals surface area contributed by atoms with Gasteiger partial charge in [-0.2, -0.15) is 0 Å². The highest BCUT2D eigenvalue weighted by Crippen LogP contribution is 2.29. The topological polar surface area (TPSA) is 39.2 Å². The molecule has 1 aromatic rings. The highest BCUT2D eigenvalue weighted by atomic mass is 127. The van der Waals surface area contributed by atoms with Gasteiger partial charge in [-0.15, -0.1) is 0 Å². The number of hydrogen-bond acceptors (Lipinski definition) is 3. The summed E-state index contributed by atoms with van der Waals surface area (Å²) in [7, 11) is 1.21. The maximum absolute atomic E-state index is 12.7. The van der Waals surface area contributed by atoms with Crippen molar-refractivity contribution in [1.82, 2.24) is 4.98 Å². The van der Waals surface area contributed by atoms with E-state index in [0.29, 0.717) is 3.57 Å². The standard InChI is InChI=1S/C9H7BrF2INO2/c1-16-9(15)5-2-4(13)7(8(11)12)6(3-10)14-5/h2,8H,3H2,1H3. The van der Waals surface area contributed by atoms with E-state index < -0.39 is 12.4 Å². The minimum Gasteiger partial charge on any atom is -0.464 e. The molecular weight excluding hydrogens is 399 g/mol. The minimum atomic E-state index is -2.61. The maximum atomic E-state index is 12.7. The maximum Gasteiger partial charge on any atom is 0.356 e. The van der Waals surface area contributed by atoms with Crippen molar-refractivity contribution in [3.8, 4) is 0 Å². The molecule has 3 nitrogen and oxygen atoms in total. The fraction of sp³-hybridized carbons (Fsp3) is 0.333. The first-order chi connectivity index (χ1) is 7.51. The van der Waals surface area contributed by atoms with E-state index in [-0.39, 0.29) is 22.3 Å². The van der Waals surface area contributed by atoms with Gasteiger partial charge in [-0.05, 0) is 28.7 Å². The molecule has 0 aromatic carbocycles. The molecule has 0 radical (unpaired) electrons. The Labute approximate surface area is 113 Å². The average molecular weight is 406 g/mol. The summed E-state index contributed by atoms with van der Waals surface area (Å²) in [5, 5.41) is 0.160. The lowest BCUT2D eigenvalue weighted by Gasteiger charge is -2.09. The number of hydrogen-bond donors (Lipinski definition) is 0. The molecule has 0 fully saturated rings. The zero-order valence-electron chi connectivity index (χ0n) is 8.14. The zero-order chi connectivity index (χ0) is 12.3. The Morgan fingerprint density at radius 2 is 2.31 bits per heavy atom. The first kappa shape index (κ1) is 13.8. The predicted octanol–water partition coefficient (Wildman–Crippen LogP) is 3.31. The first-order valence-electron chi connectivity index (χ1n) is 4.13. The highest BCUT2D eigenvalue weighted by Gasteiger charge is 2.21. The van der Waals surface area contributed by atoms with Gasteiger partial charge in [-0.3, -0.25) is 0 Å². The van der Waals surface area contributed by atoms with Gasteiger partial charge in [0.1, 0.15) is 5.69 Å². The molecule has 88 valence electrons. The van der Waals surface area contributed by atoms with Gasteiger partial charge in [-0.25, -0.2) is 18.6 Å². The lowest BCUT2D eigenvalue weighted by molar-refractivity contribution is 0.0593. The summed E-state index contributed by atoms with van der Waals surface area (Å²) in [6, 6.07) is 1.29. The van der Waals surface area contributed by atoms with E-state index in [2.05, 4.69) is 25.7 Å². The van der Waals surface area contributed by atoms with Gasteiger partial charge in [0.2, 0.25) is 0 Å². The predicted molar refractivity (Wildman–Crippen MR) is 65.9 cm³/mol. The molecule has 0 unspecified atom stereocenters. The molecule has 0 amide bonds. The van der Waals surface area contributed by atoms with Crippen LogP contribution in [0.4, 0.5) is 8.78 Å². The van der Waals surface area contributed by atoms with Gasteiger partial charge in [0.05, 0.1) is 18.4 Å². The number of methoxy groups -OCH3 is 1. The van der Waals surface area contributed by atoms with Gasteiger partial charge in [0, 0.05) is 8.90 Å². The van der Waals surface area contributed by atoms with E-state index in [9.17, 15) is 13.6 Å². The van der Waals surface area contributed by atoms with Crippen molar-refractivity contribution >= 4 is 44.5 Å². The molecule has 0 saturated carbocycles. The van der Waals surface area contributed by atoms with E-state index in [1.165, 1.54) is 13.2 Å². The molecule has 1 aromatic heterocycles. The van der Waals surface area contributed by atoms with Crippen LogP contribution in [0, 0.1) is 3.57 Å². The van der Waals surface area contributed by atoms with Crippen molar-refractivity contribution in [2.45, 2.75) is 11.8 Å². The van der Waals surface area contributed by atoms with Crippen molar-refractivity contribution in [1.29, 1.82) is 0 Å². The number of rotatable bonds is 3. The van der Waals surface area contributed by atoms with Crippen LogP contribution < -0.4 is 0 Å². The Hall–Kier alpha value is -0.310. The Bertz CT molecular complexity index is 415. The molecule has 0 spiro atoms. The Balaban J connectivity index is 3.32. The number of ether oxygens (including phenoxy) is 1. The van der Waals surface area contributed by atoms with Crippen LogP contribution in [0.25, 0.3) is 0 Å². The fourth-order valence-electron chi connectivity index (χ4n) is 1.11.